The van der Waals surface area contributed by atoms with E-state index in [2.05, 4.69) is 16.7 Å². The highest BCUT2D eigenvalue weighted by Gasteiger charge is 2.35. The van der Waals surface area contributed by atoms with Gasteiger partial charge in [0.15, 0.2) is 0 Å². The molecule has 0 radical (unpaired) electrons. The van der Waals surface area contributed by atoms with Crippen LogP contribution in [-0.2, 0) is 16.0 Å². The van der Waals surface area contributed by atoms with E-state index in [1.807, 2.05) is 24.3 Å². The molecule has 2 rings (SSSR count). The molecule has 0 heterocycles. The van der Waals surface area contributed by atoms with Crippen molar-refractivity contribution < 1.29 is 9.59 Å². The standard InChI is InChI=1S/C21H29ClN2O2/c1-21(2,19(25)23-13-11-16-7-4-3-5-8-16)20(26)24-14-12-17-9-6-10-18(22)15-17/h6-7,9-10,15H,3-5,8,11-14H2,1-2H3,(H,23,25)(H,24,26). The van der Waals surface area contributed by atoms with Crippen molar-refractivity contribution in [2.45, 2.75) is 52.4 Å². The Labute approximate surface area is 161 Å². The van der Waals surface area contributed by atoms with Crippen LogP contribution in [0.25, 0.3) is 0 Å². The summed E-state index contributed by atoms with van der Waals surface area (Å²) >= 11 is 5.96. The summed E-state index contributed by atoms with van der Waals surface area (Å²) in [5, 5.41) is 6.45. The fraction of sp³-hybridized carbons (Fsp3) is 0.524. The second-order valence-corrected chi connectivity index (χ2v) is 7.81. The van der Waals surface area contributed by atoms with Crippen molar-refractivity contribution in [1.29, 1.82) is 0 Å². The number of nitrogens with one attached hydrogen (secondary N) is 2. The highest BCUT2D eigenvalue weighted by molar-refractivity contribution is 6.30. The molecule has 0 bridgehead atoms. The van der Waals surface area contributed by atoms with E-state index in [-0.39, 0.29) is 11.8 Å². The van der Waals surface area contributed by atoms with Gasteiger partial charge in [0.05, 0.1) is 0 Å². The van der Waals surface area contributed by atoms with Crippen LogP contribution in [0.2, 0.25) is 5.02 Å². The van der Waals surface area contributed by atoms with E-state index in [1.165, 1.54) is 18.4 Å². The average molecular weight is 377 g/mol. The second-order valence-electron chi connectivity index (χ2n) is 7.37. The van der Waals surface area contributed by atoms with Crippen molar-refractivity contribution in [3.8, 4) is 0 Å². The van der Waals surface area contributed by atoms with Crippen LogP contribution in [0.4, 0.5) is 0 Å². The molecule has 26 heavy (non-hydrogen) atoms. The third kappa shape index (κ3) is 6.17. The van der Waals surface area contributed by atoms with Gasteiger partial charge in [-0.25, -0.2) is 0 Å². The van der Waals surface area contributed by atoms with E-state index in [4.69, 9.17) is 11.6 Å². The monoisotopic (exact) mass is 376 g/mol. The van der Waals surface area contributed by atoms with Crippen molar-refractivity contribution in [3.63, 3.8) is 0 Å². The fourth-order valence-corrected chi connectivity index (χ4v) is 3.24. The smallest absolute Gasteiger partial charge is 0.235 e. The second kappa shape index (κ2) is 9.77. The van der Waals surface area contributed by atoms with Crippen molar-refractivity contribution in [2.24, 2.45) is 5.41 Å². The number of carbonyl (C=O) groups excluding carboxylic acids is 2. The minimum atomic E-state index is -1.09. The maximum absolute atomic E-state index is 12.4. The molecule has 142 valence electrons. The van der Waals surface area contributed by atoms with Gasteiger partial charge in [-0.2, -0.15) is 0 Å². The molecule has 0 aromatic heterocycles. The molecule has 0 fully saturated rings. The van der Waals surface area contributed by atoms with Crippen molar-refractivity contribution in [1.82, 2.24) is 10.6 Å². The molecule has 1 aliphatic carbocycles. The van der Waals surface area contributed by atoms with E-state index in [1.54, 1.807) is 13.8 Å². The van der Waals surface area contributed by atoms with E-state index in [9.17, 15) is 9.59 Å². The topological polar surface area (TPSA) is 58.2 Å². The number of hydrogen-bond donors (Lipinski definition) is 2. The van der Waals surface area contributed by atoms with Gasteiger partial charge in [-0.1, -0.05) is 35.4 Å². The number of hydrogen-bond acceptors (Lipinski definition) is 2. The van der Waals surface area contributed by atoms with Gasteiger partial charge < -0.3 is 10.6 Å². The van der Waals surface area contributed by atoms with Crippen molar-refractivity contribution in [2.75, 3.05) is 13.1 Å². The first kappa shape index (κ1) is 20.5. The Bertz CT molecular complexity index is 668. The van der Waals surface area contributed by atoms with Crippen LogP contribution in [0.1, 0.15) is 51.5 Å². The first-order valence-electron chi connectivity index (χ1n) is 9.38. The molecular formula is C21H29ClN2O2. The molecule has 0 atom stereocenters. The molecule has 5 heteroatoms. The van der Waals surface area contributed by atoms with Crippen LogP contribution in [0.3, 0.4) is 0 Å². The first-order chi connectivity index (χ1) is 12.4. The van der Waals surface area contributed by atoms with Crippen LogP contribution in [-0.4, -0.2) is 24.9 Å². The Morgan fingerprint density at radius 3 is 2.38 bits per heavy atom. The fourth-order valence-electron chi connectivity index (χ4n) is 3.03. The van der Waals surface area contributed by atoms with E-state index >= 15 is 0 Å². The van der Waals surface area contributed by atoms with Gasteiger partial charge in [0.1, 0.15) is 5.41 Å². The predicted molar refractivity (Wildman–Crippen MR) is 106 cm³/mol. The van der Waals surface area contributed by atoms with Gasteiger partial charge in [-0.05, 0) is 70.1 Å². The Hall–Kier alpha value is -1.81. The van der Waals surface area contributed by atoms with Gasteiger partial charge in [-0.3, -0.25) is 9.59 Å². The van der Waals surface area contributed by atoms with Crippen LogP contribution >= 0.6 is 11.6 Å². The lowest BCUT2D eigenvalue weighted by molar-refractivity contribution is -0.141. The van der Waals surface area contributed by atoms with E-state index in [0.29, 0.717) is 24.5 Å². The van der Waals surface area contributed by atoms with Gasteiger partial charge >= 0.3 is 0 Å². The number of rotatable bonds is 8. The van der Waals surface area contributed by atoms with Crippen LogP contribution in [0.5, 0.6) is 0 Å². The normalized spacial score (nSPS) is 14.5. The molecule has 1 aromatic carbocycles. The number of benzene rings is 1. The van der Waals surface area contributed by atoms with Crippen molar-refractivity contribution >= 4 is 23.4 Å². The van der Waals surface area contributed by atoms with E-state index in [0.717, 1.165) is 24.8 Å². The first-order valence-corrected chi connectivity index (χ1v) is 9.76. The molecule has 1 aliphatic rings. The zero-order valence-electron chi connectivity index (χ0n) is 15.7. The molecule has 4 nitrogen and oxygen atoms in total. The quantitative estimate of drug-likeness (QED) is 0.531. The van der Waals surface area contributed by atoms with Gasteiger partial charge in [0.2, 0.25) is 11.8 Å². The van der Waals surface area contributed by atoms with Crippen LogP contribution in [0, 0.1) is 5.41 Å². The average Bonchev–Trinajstić information content (AvgIpc) is 2.62. The lowest BCUT2D eigenvalue weighted by atomic mass is 9.90. The lowest BCUT2D eigenvalue weighted by Crippen LogP contribution is -2.48. The number of carbonyl (C=O) groups is 2. The van der Waals surface area contributed by atoms with Crippen molar-refractivity contribution in [3.05, 3.63) is 46.5 Å². The number of allylic oxidation sites excluding steroid dienone is 1. The minimum Gasteiger partial charge on any atom is -0.355 e. The summed E-state index contributed by atoms with van der Waals surface area (Å²) < 4.78 is 0. The molecule has 2 N–H and O–H groups in total. The zero-order chi connectivity index (χ0) is 19.0. The molecule has 1 aromatic rings. The Balaban J connectivity index is 1.74. The maximum atomic E-state index is 12.4. The summed E-state index contributed by atoms with van der Waals surface area (Å²) in [7, 11) is 0. The Kier molecular flexibility index (Phi) is 7.70. The Morgan fingerprint density at radius 2 is 1.77 bits per heavy atom. The van der Waals surface area contributed by atoms with Gasteiger partial charge in [0.25, 0.3) is 0 Å². The van der Waals surface area contributed by atoms with Crippen LogP contribution in [0.15, 0.2) is 35.9 Å². The Morgan fingerprint density at radius 1 is 1.08 bits per heavy atom. The molecule has 0 saturated carbocycles. The largest absolute Gasteiger partial charge is 0.355 e. The number of amides is 2. The summed E-state index contributed by atoms with van der Waals surface area (Å²) in [4.78, 5) is 24.8. The minimum absolute atomic E-state index is 0.228. The maximum Gasteiger partial charge on any atom is 0.235 e. The highest BCUT2D eigenvalue weighted by Crippen LogP contribution is 2.20. The number of halogens is 1. The summed E-state index contributed by atoms with van der Waals surface area (Å²) in [6, 6.07) is 7.56. The predicted octanol–water partition coefficient (Wildman–Crippen LogP) is 4.03. The summed E-state index contributed by atoms with van der Waals surface area (Å²) in [6.07, 6.45) is 8.60. The van der Waals surface area contributed by atoms with Crippen LogP contribution < -0.4 is 10.6 Å². The molecule has 0 aliphatic heterocycles. The van der Waals surface area contributed by atoms with Gasteiger partial charge in [-0.15, -0.1) is 0 Å². The summed E-state index contributed by atoms with van der Waals surface area (Å²) in [5.41, 5.74) is 1.39. The summed E-state index contributed by atoms with van der Waals surface area (Å²) in [6.45, 7) is 4.39. The molecule has 0 saturated heterocycles. The molecule has 0 spiro atoms. The summed E-state index contributed by atoms with van der Waals surface area (Å²) in [5.74, 6) is -0.483. The molecular weight excluding hydrogens is 348 g/mol. The SMILES string of the molecule is CC(C)(C(=O)NCCC1=CCCCC1)C(=O)NCCc1cccc(Cl)c1. The zero-order valence-corrected chi connectivity index (χ0v) is 16.5. The third-order valence-electron chi connectivity index (χ3n) is 4.84. The molecule has 2 amide bonds. The van der Waals surface area contributed by atoms with E-state index < -0.39 is 5.41 Å². The van der Waals surface area contributed by atoms with Gasteiger partial charge in [0, 0.05) is 18.1 Å². The highest BCUT2D eigenvalue weighted by atomic mass is 35.5. The lowest BCUT2D eigenvalue weighted by Gasteiger charge is -2.23. The third-order valence-corrected chi connectivity index (χ3v) is 5.08. The molecule has 0 unspecified atom stereocenters.